The van der Waals surface area contributed by atoms with Crippen LogP contribution in [0.2, 0.25) is 0 Å². The van der Waals surface area contributed by atoms with E-state index in [9.17, 15) is 8.42 Å². The Morgan fingerprint density at radius 2 is 1.96 bits per heavy atom. The van der Waals surface area contributed by atoms with Gasteiger partial charge in [-0.05, 0) is 40.0 Å². The van der Waals surface area contributed by atoms with Gasteiger partial charge in [-0.2, -0.15) is 0 Å². The number of rotatable bonds is 6. The van der Waals surface area contributed by atoms with Crippen molar-refractivity contribution < 1.29 is 8.42 Å². The van der Waals surface area contributed by atoms with E-state index in [0.29, 0.717) is 18.0 Å². The Bertz CT molecular complexity index is 945. The van der Waals surface area contributed by atoms with E-state index in [1.54, 1.807) is 11.0 Å². The summed E-state index contributed by atoms with van der Waals surface area (Å²) in [7, 11) is -3.76. The molecule has 7 nitrogen and oxygen atoms in total. The molecule has 0 aliphatic carbocycles. The molecule has 0 radical (unpaired) electrons. The SMILES string of the molecule is CC(C)Cc1cc(-c2ccc(Cn3cnnn3)cc2)c(S(N)(=O)=O)s1. The molecule has 9 heteroatoms. The van der Waals surface area contributed by atoms with E-state index in [0.717, 1.165) is 22.4 Å². The molecule has 132 valence electrons. The summed E-state index contributed by atoms with van der Waals surface area (Å²) < 4.78 is 25.8. The Morgan fingerprint density at radius 3 is 2.52 bits per heavy atom. The molecule has 1 aromatic carbocycles. The monoisotopic (exact) mass is 377 g/mol. The molecule has 25 heavy (non-hydrogen) atoms. The van der Waals surface area contributed by atoms with Crippen LogP contribution in [0.5, 0.6) is 0 Å². The van der Waals surface area contributed by atoms with Gasteiger partial charge < -0.3 is 0 Å². The molecule has 0 bridgehead atoms. The number of hydrogen-bond acceptors (Lipinski definition) is 6. The number of tetrazole rings is 1. The number of primary sulfonamides is 1. The summed E-state index contributed by atoms with van der Waals surface area (Å²) in [6.45, 7) is 4.76. The van der Waals surface area contributed by atoms with E-state index in [1.807, 2.05) is 30.3 Å². The fourth-order valence-corrected chi connectivity index (χ4v) is 4.96. The first-order valence-electron chi connectivity index (χ1n) is 7.78. The van der Waals surface area contributed by atoms with Gasteiger partial charge in [-0.3, -0.25) is 0 Å². The Labute approximate surface area is 150 Å². The lowest BCUT2D eigenvalue weighted by Gasteiger charge is -2.05. The maximum atomic E-state index is 12.0. The average molecular weight is 377 g/mol. The third-order valence-electron chi connectivity index (χ3n) is 3.62. The first kappa shape index (κ1) is 17.7. The lowest BCUT2D eigenvalue weighted by Crippen LogP contribution is -2.11. The van der Waals surface area contributed by atoms with Gasteiger partial charge in [0, 0.05) is 10.4 Å². The molecule has 0 saturated carbocycles. The van der Waals surface area contributed by atoms with Gasteiger partial charge in [-0.1, -0.05) is 38.1 Å². The first-order valence-corrected chi connectivity index (χ1v) is 10.1. The van der Waals surface area contributed by atoms with Crippen LogP contribution < -0.4 is 5.14 Å². The van der Waals surface area contributed by atoms with Crippen molar-refractivity contribution >= 4 is 21.4 Å². The highest BCUT2D eigenvalue weighted by atomic mass is 32.2. The fraction of sp³-hybridized carbons (Fsp3) is 0.312. The molecule has 0 fully saturated rings. The minimum atomic E-state index is -3.76. The van der Waals surface area contributed by atoms with Crippen LogP contribution >= 0.6 is 11.3 Å². The number of nitrogens with two attached hydrogens (primary N) is 1. The van der Waals surface area contributed by atoms with Crippen LogP contribution in [-0.4, -0.2) is 28.6 Å². The van der Waals surface area contributed by atoms with Gasteiger partial charge in [0.1, 0.15) is 10.5 Å². The van der Waals surface area contributed by atoms with Crippen molar-refractivity contribution in [3.8, 4) is 11.1 Å². The maximum Gasteiger partial charge on any atom is 0.248 e. The summed E-state index contributed by atoms with van der Waals surface area (Å²) in [4.78, 5) is 1.02. The number of nitrogens with zero attached hydrogens (tertiary/aromatic N) is 4. The van der Waals surface area contributed by atoms with E-state index in [1.165, 1.54) is 11.3 Å². The zero-order chi connectivity index (χ0) is 18.0. The molecule has 0 amide bonds. The third-order valence-corrected chi connectivity index (χ3v) is 6.25. The van der Waals surface area contributed by atoms with E-state index in [2.05, 4.69) is 29.4 Å². The number of thiophene rings is 1. The van der Waals surface area contributed by atoms with Crippen molar-refractivity contribution in [2.75, 3.05) is 0 Å². The minimum absolute atomic E-state index is 0.219. The lowest BCUT2D eigenvalue weighted by molar-refractivity contribution is 0.600. The van der Waals surface area contributed by atoms with Crippen LogP contribution in [0.25, 0.3) is 11.1 Å². The van der Waals surface area contributed by atoms with Crippen LogP contribution in [-0.2, 0) is 23.0 Å². The minimum Gasteiger partial charge on any atom is -0.228 e. The van der Waals surface area contributed by atoms with Gasteiger partial charge in [-0.15, -0.1) is 16.4 Å². The Balaban J connectivity index is 1.93. The van der Waals surface area contributed by atoms with Crippen LogP contribution in [0.4, 0.5) is 0 Å². The smallest absolute Gasteiger partial charge is 0.228 e. The molecule has 0 atom stereocenters. The van der Waals surface area contributed by atoms with Crippen LogP contribution in [0.1, 0.15) is 24.3 Å². The van der Waals surface area contributed by atoms with Crippen molar-refractivity contribution in [3.05, 3.63) is 47.1 Å². The molecule has 2 heterocycles. The van der Waals surface area contributed by atoms with Gasteiger partial charge in [0.25, 0.3) is 0 Å². The van der Waals surface area contributed by atoms with Gasteiger partial charge in [-0.25, -0.2) is 18.2 Å². The van der Waals surface area contributed by atoms with Gasteiger partial charge in [0.15, 0.2) is 0 Å². The summed E-state index contributed by atoms with van der Waals surface area (Å²) in [5, 5.41) is 16.5. The van der Waals surface area contributed by atoms with Gasteiger partial charge >= 0.3 is 0 Å². The maximum absolute atomic E-state index is 12.0. The third kappa shape index (κ3) is 4.30. The standard InChI is InChI=1S/C16H19N5O2S2/c1-11(2)7-14-8-15(16(24-14)25(17,22)23)13-5-3-12(4-6-13)9-21-10-18-19-20-21/h3-6,8,10-11H,7,9H2,1-2H3,(H2,17,22,23). The Hall–Kier alpha value is -2.10. The van der Waals surface area contributed by atoms with Crippen LogP contribution in [0.3, 0.4) is 0 Å². The molecule has 2 aromatic heterocycles. The molecule has 0 saturated heterocycles. The van der Waals surface area contributed by atoms with Crippen molar-refractivity contribution in [3.63, 3.8) is 0 Å². The molecular weight excluding hydrogens is 358 g/mol. The van der Waals surface area contributed by atoms with Crippen molar-refractivity contribution in [2.24, 2.45) is 11.1 Å². The summed E-state index contributed by atoms with van der Waals surface area (Å²) in [5.41, 5.74) is 2.51. The van der Waals surface area contributed by atoms with Crippen LogP contribution in [0, 0.1) is 5.92 Å². The Kier molecular flexibility index (Phi) is 4.98. The van der Waals surface area contributed by atoms with E-state index >= 15 is 0 Å². The second-order valence-corrected chi connectivity index (χ2v) is 9.15. The molecule has 2 N–H and O–H groups in total. The summed E-state index contributed by atoms with van der Waals surface area (Å²) in [6.07, 6.45) is 2.37. The average Bonchev–Trinajstić information content (AvgIpc) is 3.16. The van der Waals surface area contributed by atoms with Crippen molar-refractivity contribution in [2.45, 2.75) is 31.0 Å². The zero-order valence-electron chi connectivity index (χ0n) is 14.0. The van der Waals surface area contributed by atoms with E-state index in [-0.39, 0.29) is 4.21 Å². The molecule has 0 aliphatic heterocycles. The normalized spacial score (nSPS) is 12.0. The predicted molar refractivity (Wildman–Crippen MR) is 96.6 cm³/mol. The first-order chi connectivity index (χ1) is 11.8. The van der Waals surface area contributed by atoms with Gasteiger partial charge in [0.05, 0.1) is 6.54 Å². The quantitative estimate of drug-likeness (QED) is 0.710. The number of hydrogen-bond donors (Lipinski definition) is 1. The highest BCUT2D eigenvalue weighted by molar-refractivity contribution is 7.91. The summed E-state index contributed by atoms with van der Waals surface area (Å²) in [6, 6.07) is 9.60. The van der Waals surface area contributed by atoms with Crippen molar-refractivity contribution in [1.29, 1.82) is 0 Å². The highest BCUT2D eigenvalue weighted by Gasteiger charge is 2.20. The number of sulfonamides is 1. The molecule has 0 spiro atoms. The number of benzene rings is 1. The predicted octanol–water partition coefficient (Wildman–Crippen LogP) is 2.30. The molecule has 0 unspecified atom stereocenters. The zero-order valence-corrected chi connectivity index (χ0v) is 15.6. The van der Waals surface area contributed by atoms with E-state index in [4.69, 9.17) is 5.14 Å². The molecule has 3 aromatic rings. The number of aromatic nitrogens is 4. The topological polar surface area (TPSA) is 104 Å². The lowest BCUT2D eigenvalue weighted by atomic mass is 10.0. The Morgan fingerprint density at radius 1 is 1.24 bits per heavy atom. The molecular formula is C16H19N5O2S2. The molecule has 0 aliphatic rings. The van der Waals surface area contributed by atoms with E-state index < -0.39 is 10.0 Å². The summed E-state index contributed by atoms with van der Waals surface area (Å²) >= 11 is 1.25. The molecule has 3 rings (SSSR count). The second-order valence-electron chi connectivity index (χ2n) is 6.26. The van der Waals surface area contributed by atoms with Crippen LogP contribution in [0.15, 0.2) is 40.9 Å². The summed E-state index contributed by atoms with van der Waals surface area (Å²) in [5.74, 6) is 0.443. The largest absolute Gasteiger partial charge is 0.248 e. The highest BCUT2D eigenvalue weighted by Crippen LogP contribution is 2.35. The van der Waals surface area contributed by atoms with Gasteiger partial charge in [0.2, 0.25) is 10.0 Å². The fourth-order valence-electron chi connectivity index (χ4n) is 2.57. The second kappa shape index (κ2) is 7.03. The van der Waals surface area contributed by atoms with Crippen molar-refractivity contribution in [1.82, 2.24) is 20.2 Å².